The molecule has 8 nitrogen and oxygen atoms in total. The quantitative estimate of drug-likeness (QED) is 0.324. The lowest BCUT2D eigenvalue weighted by Gasteiger charge is -2.11. The molecule has 9 heteroatoms. The third-order valence-corrected chi connectivity index (χ3v) is 3.34. The fourth-order valence-electron chi connectivity index (χ4n) is 1.97. The van der Waals surface area contributed by atoms with Gasteiger partial charge < -0.3 is 15.2 Å². The van der Waals surface area contributed by atoms with Crippen molar-refractivity contribution in [2.45, 2.75) is 18.9 Å². The number of hydrazone groups is 1. The molecule has 0 amide bonds. The van der Waals surface area contributed by atoms with Crippen LogP contribution in [0, 0.1) is 10.1 Å². The maximum absolute atomic E-state index is 10.7. The Morgan fingerprint density at radius 2 is 2.45 bits per heavy atom. The Morgan fingerprint density at radius 1 is 1.64 bits per heavy atom. The minimum Gasteiger partial charge on any atom is -0.507 e. The van der Waals surface area contributed by atoms with E-state index in [1.807, 2.05) is 0 Å². The summed E-state index contributed by atoms with van der Waals surface area (Å²) in [4.78, 5) is 10.1. The lowest BCUT2D eigenvalue weighted by atomic mass is 10.2. The molecular formula is C13H16N4O4S. The molecule has 0 unspecified atom stereocenters. The van der Waals surface area contributed by atoms with Gasteiger partial charge in [0.15, 0.2) is 5.11 Å². The van der Waals surface area contributed by atoms with Crippen molar-refractivity contribution in [1.82, 2.24) is 10.7 Å². The predicted octanol–water partition coefficient (Wildman–Crippen LogP) is 1.28. The van der Waals surface area contributed by atoms with Crippen molar-refractivity contribution >= 4 is 29.2 Å². The second-order valence-corrected chi connectivity index (χ2v) is 5.12. The fourth-order valence-corrected chi connectivity index (χ4v) is 2.11. The molecule has 1 aromatic carbocycles. The van der Waals surface area contributed by atoms with E-state index in [0.29, 0.717) is 11.7 Å². The summed E-state index contributed by atoms with van der Waals surface area (Å²) in [5, 5.41) is 27.4. The number of thiocarbonyl (C=S) groups is 1. The van der Waals surface area contributed by atoms with Gasteiger partial charge in [0.05, 0.1) is 17.2 Å². The van der Waals surface area contributed by atoms with E-state index in [2.05, 4.69) is 15.8 Å². The van der Waals surface area contributed by atoms with Crippen LogP contribution in [0.5, 0.6) is 5.75 Å². The number of nitro groups is 1. The number of phenolic OH excluding ortho intramolecular Hbond substituents is 1. The van der Waals surface area contributed by atoms with Gasteiger partial charge in [-0.2, -0.15) is 5.10 Å². The summed E-state index contributed by atoms with van der Waals surface area (Å²) in [5.74, 6) is -0.102. The summed E-state index contributed by atoms with van der Waals surface area (Å²) in [7, 11) is 0. The molecule has 0 bridgehead atoms. The van der Waals surface area contributed by atoms with Crippen molar-refractivity contribution in [2.75, 3.05) is 13.2 Å². The topological polar surface area (TPSA) is 109 Å². The number of phenols is 1. The van der Waals surface area contributed by atoms with Crippen LogP contribution in [-0.2, 0) is 4.74 Å². The summed E-state index contributed by atoms with van der Waals surface area (Å²) in [6.07, 6.45) is 3.48. The van der Waals surface area contributed by atoms with Gasteiger partial charge in [-0.15, -0.1) is 0 Å². The Labute approximate surface area is 132 Å². The molecule has 3 N–H and O–H groups in total. The molecule has 22 heavy (non-hydrogen) atoms. The zero-order valence-electron chi connectivity index (χ0n) is 11.7. The molecule has 1 fully saturated rings. The van der Waals surface area contributed by atoms with E-state index in [4.69, 9.17) is 17.0 Å². The van der Waals surface area contributed by atoms with Crippen LogP contribution in [-0.4, -0.2) is 40.6 Å². The number of nitrogens with zero attached hydrogens (tertiary/aromatic N) is 2. The Hall–Kier alpha value is -2.26. The third kappa shape index (κ3) is 4.64. The number of rotatable bonds is 5. The molecule has 118 valence electrons. The van der Waals surface area contributed by atoms with Gasteiger partial charge in [-0.3, -0.25) is 15.5 Å². The smallest absolute Gasteiger partial charge is 0.270 e. The Bertz CT molecular complexity index is 587. The van der Waals surface area contributed by atoms with Crippen LogP contribution in [0.15, 0.2) is 23.3 Å². The van der Waals surface area contributed by atoms with E-state index >= 15 is 0 Å². The van der Waals surface area contributed by atoms with Crippen LogP contribution >= 0.6 is 12.2 Å². The third-order valence-electron chi connectivity index (χ3n) is 3.11. The number of aromatic hydroxyl groups is 1. The first-order valence-electron chi connectivity index (χ1n) is 6.72. The van der Waals surface area contributed by atoms with E-state index in [-0.39, 0.29) is 23.1 Å². The van der Waals surface area contributed by atoms with Gasteiger partial charge in [-0.05, 0) is 31.1 Å². The minimum absolute atomic E-state index is 0.102. The van der Waals surface area contributed by atoms with Crippen LogP contribution in [0.4, 0.5) is 5.69 Å². The van der Waals surface area contributed by atoms with Crippen LogP contribution in [0.25, 0.3) is 0 Å². The first-order valence-corrected chi connectivity index (χ1v) is 7.13. The van der Waals surface area contributed by atoms with Crippen molar-refractivity contribution in [3.63, 3.8) is 0 Å². The average Bonchev–Trinajstić information content (AvgIpc) is 3.00. The fraction of sp³-hybridized carbons (Fsp3) is 0.385. The van der Waals surface area contributed by atoms with Crippen LogP contribution in [0.2, 0.25) is 0 Å². The van der Waals surface area contributed by atoms with E-state index in [9.17, 15) is 15.2 Å². The molecule has 0 aromatic heterocycles. The number of nitrogens with one attached hydrogen (secondary N) is 2. The molecule has 0 saturated carbocycles. The first-order chi connectivity index (χ1) is 10.6. The Morgan fingerprint density at radius 3 is 3.14 bits per heavy atom. The molecule has 1 aliphatic rings. The molecule has 0 aliphatic carbocycles. The molecule has 0 spiro atoms. The van der Waals surface area contributed by atoms with Gasteiger partial charge in [-0.1, -0.05) is 0 Å². The second kappa shape index (κ2) is 7.66. The highest BCUT2D eigenvalue weighted by Crippen LogP contribution is 2.21. The van der Waals surface area contributed by atoms with Crippen molar-refractivity contribution in [1.29, 1.82) is 0 Å². The van der Waals surface area contributed by atoms with E-state index < -0.39 is 4.92 Å². The average molecular weight is 324 g/mol. The van der Waals surface area contributed by atoms with Gasteiger partial charge in [0.1, 0.15) is 5.75 Å². The van der Waals surface area contributed by atoms with Gasteiger partial charge in [0.2, 0.25) is 0 Å². The molecule has 1 aromatic rings. The Balaban J connectivity index is 1.84. The summed E-state index contributed by atoms with van der Waals surface area (Å²) >= 11 is 5.04. The zero-order chi connectivity index (χ0) is 15.9. The summed E-state index contributed by atoms with van der Waals surface area (Å²) in [5.41, 5.74) is 2.68. The highest BCUT2D eigenvalue weighted by Gasteiger charge is 2.15. The van der Waals surface area contributed by atoms with E-state index in [1.165, 1.54) is 24.4 Å². The normalized spacial score (nSPS) is 17.5. The van der Waals surface area contributed by atoms with E-state index in [1.54, 1.807) is 0 Å². The lowest BCUT2D eigenvalue weighted by molar-refractivity contribution is -0.384. The van der Waals surface area contributed by atoms with Crippen LogP contribution in [0.1, 0.15) is 18.4 Å². The lowest BCUT2D eigenvalue weighted by Crippen LogP contribution is -2.37. The molecule has 1 heterocycles. The van der Waals surface area contributed by atoms with E-state index in [0.717, 1.165) is 19.4 Å². The molecular weight excluding hydrogens is 308 g/mol. The first kappa shape index (κ1) is 16.1. The number of non-ortho nitro benzene ring substituents is 1. The Kier molecular flexibility index (Phi) is 5.61. The number of ether oxygens (including phenoxy) is 1. The van der Waals surface area contributed by atoms with Crippen molar-refractivity contribution in [2.24, 2.45) is 5.10 Å². The van der Waals surface area contributed by atoms with Crippen LogP contribution < -0.4 is 10.7 Å². The van der Waals surface area contributed by atoms with Gasteiger partial charge >= 0.3 is 0 Å². The monoisotopic (exact) mass is 324 g/mol. The van der Waals surface area contributed by atoms with Gasteiger partial charge in [-0.25, -0.2) is 0 Å². The molecule has 1 saturated heterocycles. The van der Waals surface area contributed by atoms with Gasteiger partial charge in [0, 0.05) is 30.8 Å². The highest BCUT2D eigenvalue weighted by atomic mass is 32.1. The van der Waals surface area contributed by atoms with Crippen LogP contribution in [0.3, 0.4) is 0 Å². The number of benzene rings is 1. The number of hydrogen-bond acceptors (Lipinski definition) is 6. The molecule has 0 radical (unpaired) electrons. The maximum atomic E-state index is 10.7. The number of hydrogen-bond donors (Lipinski definition) is 3. The number of nitro benzene ring substituents is 1. The van der Waals surface area contributed by atoms with Gasteiger partial charge in [0.25, 0.3) is 5.69 Å². The standard InChI is InChI=1S/C13H16N4O4S/c18-12-4-3-10(17(19)20)6-9(12)7-15-16-13(22)14-8-11-2-1-5-21-11/h3-4,6-7,11,18H,1-2,5,8H2,(H2,14,16,22)/b15-7-/t11-/m0/s1. The zero-order valence-corrected chi connectivity index (χ0v) is 12.5. The highest BCUT2D eigenvalue weighted by molar-refractivity contribution is 7.80. The molecule has 2 rings (SSSR count). The largest absolute Gasteiger partial charge is 0.507 e. The summed E-state index contributed by atoms with van der Waals surface area (Å²) in [6, 6.07) is 3.69. The summed E-state index contributed by atoms with van der Waals surface area (Å²) < 4.78 is 5.44. The second-order valence-electron chi connectivity index (χ2n) is 4.72. The predicted molar refractivity (Wildman–Crippen MR) is 85.1 cm³/mol. The molecule has 1 aliphatic heterocycles. The minimum atomic E-state index is -0.544. The SMILES string of the molecule is O=[N+]([O-])c1ccc(O)c(/C=N\NC(=S)NC[C@@H]2CCCO2)c1. The maximum Gasteiger partial charge on any atom is 0.270 e. The summed E-state index contributed by atoms with van der Waals surface area (Å²) in [6.45, 7) is 1.38. The molecule has 1 atom stereocenters. The van der Waals surface area contributed by atoms with Crippen molar-refractivity contribution in [3.05, 3.63) is 33.9 Å². The van der Waals surface area contributed by atoms with Crippen molar-refractivity contribution < 1.29 is 14.8 Å². The van der Waals surface area contributed by atoms with Crippen molar-refractivity contribution in [3.8, 4) is 5.75 Å².